The monoisotopic (exact) mass is 463 g/mol. The molecule has 1 aromatic carbocycles. The predicted molar refractivity (Wildman–Crippen MR) is 122 cm³/mol. The second-order valence-electron chi connectivity index (χ2n) is 9.30. The van der Waals surface area contributed by atoms with Gasteiger partial charge in [-0.2, -0.15) is 0 Å². The van der Waals surface area contributed by atoms with E-state index in [4.69, 9.17) is 4.11 Å². The Morgan fingerprint density at radius 1 is 1.24 bits per heavy atom. The van der Waals surface area contributed by atoms with Crippen molar-refractivity contribution < 1.29 is 22.5 Å². The van der Waals surface area contributed by atoms with E-state index in [1.54, 1.807) is 20.8 Å². The van der Waals surface area contributed by atoms with Gasteiger partial charge < -0.3 is 20.1 Å². The molecule has 2 amide bonds. The number of aromatic nitrogens is 1. The minimum Gasteiger partial charge on any atom is -0.342 e. The molecule has 1 aromatic heterocycles. The van der Waals surface area contributed by atoms with Crippen LogP contribution in [-0.2, 0) is 22.6 Å². The molecule has 0 spiro atoms. The molecule has 0 aliphatic carbocycles. The summed E-state index contributed by atoms with van der Waals surface area (Å²) in [5.41, 5.74) is 0.0998. The summed E-state index contributed by atoms with van der Waals surface area (Å²) in [5.74, 6) is -2.58. The van der Waals surface area contributed by atoms with Gasteiger partial charge in [-0.1, -0.05) is 26.8 Å². The Balaban J connectivity index is 1.88. The van der Waals surface area contributed by atoms with Gasteiger partial charge >= 0.3 is 0 Å². The minimum absolute atomic E-state index is 0.116. The van der Waals surface area contributed by atoms with Crippen molar-refractivity contribution >= 4 is 17.5 Å². The molecule has 0 saturated carbocycles. The van der Waals surface area contributed by atoms with Crippen LogP contribution < -0.4 is 21.1 Å². The normalized spacial score (nSPS) is 16.9. The van der Waals surface area contributed by atoms with E-state index in [9.17, 15) is 23.2 Å². The number of carbonyl (C=O) groups excluding carboxylic acids is 2. The Morgan fingerprint density at radius 3 is 2.61 bits per heavy atom. The molecule has 2 heterocycles. The van der Waals surface area contributed by atoms with Crippen molar-refractivity contribution in [1.29, 1.82) is 0 Å². The highest BCUT2D eigenvalue weighted by atomic mass is 19.1. The second kappa shape index (κ2) is 9.43. The van der Waals surface area contributed by atoms with E-state index >= 15 is 0 Å². The standard InChI is InChI=1S/C24H30F2N4O3/c1-14(27-5)22(32)28-21(24(2,3)4)23(33)30-9-8-15-10-20(31)29(13-19(15)30)12-16-6-7-17(25)11-18(16)26/h6-7,10-11,13-14,21,27H,8-9,12H2,1-5H3,(H,28,32)/t14-,21+/m0/s1/i5D3. The molecule has 0 radical (unpaired) electrons. The first-order valence-electron chi connectivity index (χ1n) is 12.1. The summed E-state index contributed by atoms with van der Waals surface area (Å²) in [5, 5.41) is 4.88. The largest absolute Gasteiger partial charge is 0.342 e. The van der Waals surface area contributed by atoms with E-state index in [2.05, 4.69) is 10.6 Å². The fourth-order valence-electron chi connectivity index (χ4n) is 3.72. The lowest BCUT2D eigenvalue weighted by Crippen LogP contribution is -2.57. The molecule has 178 valence electrons. The van der Waals surface area contributed by atoms with Gasteiger partial charge in [0.25, 0.3) is 5.56 Å². The van der Waals surface area contributed by atoms with Crippen molar-refractivity contribution in [3.8, 4) is 0 Å². The summed E-state index contributed by atoms with van der Waals surface area (Å²) < 4.78 is 50.6. The Bertz CT molecular complexity index is 1220. The molecule has 2 aromatic rings. The number of anilines is 1. The minimum atomic E-state index is -2.53. The number of nitrogens with one attached hydrogen (secondary N) is 2. The molecule has 0 saturated heterocycles. The summed E-state index contributed by atoms with van der Waals surface area (Å²) in [6.45, 7) is 4.29. The second-order valence-corrected chi connectivity index (χ2v) is 9.30. The van der Waals surface area contributed by atoms with Crippen LogP contribution in [0.15, 0.2) is 35.3 Å². The SMILES string of the molecule is [2H]C([2H])([2H])N[C@@H](C)C(=O)N[C@H](C(=O)N1CCc2cc(=O)n(Cc3ccc(F)cc3F)cc21)C(C)(C)C. The average Bonchev–Trinajstić information content (AvgIpc) is 3.13. The van der Waals surface area contributed by atoms with Crippen molar-refractivity contribution in [2.75, 3.05) is 18.4 Å². The summed E-state index contributed by atoms with van der Waals surface area (Å²) >= 11 is 0. The first-order valence-corrected chi connectivity index (χ1v) is 10.6. The first kappa shape index (κ1) is 20.5. The van der Waals surface area contributed by atoms with Crippen LogP contribution in [0.4, 0.5) is 14.5 Å². The van der Waals surface area contributed by atoms with Gasteiger partial charge in [0.05, 0.1) is 18.3 Å². The number of pyridine rings is 1. The third kappa shape index (κ3) is 5.30. The van der Waals surface area contributed by atoms with Crippen LogP contribution in [0.3, 0.4) is 0 Å². The number of halogens is 2. The summed E-state index contributed by atoms with van der Waals surface area (Å²) in [6.07, 6.45) is 1.88. The molecular formula is C24H30F2N4O3. The molecule has 7 nitrogen and oxygen atoms in total. The number of carbonyl (C=O) groups is 2. The molecule has 0 fully saturated rings. The van der Waals surface area contributed by atoms with Crippen LogP contribution in [0.2, 0.25) is 0 Å². The topological polar surface area (TPSA) is 83.4 Å². The van der Waals surface area contributed by atoms with Crippen LogP contribution in [0.1, 0.15) is 42.9 Å². The maximum atomic E-state index is 14.2. The molecule has 2 N–H and O–H groups in total. The van der Waals surface area contributed by atoms with Crippen LogP contribution in [0.25, 0.3) is 0 Å². The number of fused-ring (bicyclic) bond motifs is 1. The van der Waals surface area contributed by atoms with Crippen molar-refractivity contribution in [2.24, 2.45) is 5.41 Å². The zero-order valence-electron chi connectivity index (χ0n) is 22.0. The molecule has 2 atom stereocenters. The molecule has 1 aliphatic rings. The number of benzene rings is 1. The predicted octanol–water partition coefficient (Wildman–Crippen LogP) is 2.20. The Kier molecular flexibility index (Phi) is 5.86. The van der Waals surface area contributed by atoms with E-state index in [0.717, 1.165) is 12.1 Å². The number of amides is 2. The van der Waals surface area contributed by atoms with Gasteiger partial charge in [-0.25, -0.2) is 8.78 Å². The van der Waals surface area contributed by atoms with Crippen LogP contribution in [-0.4, -0.2) is 42.0 Å². The average molecular weight is 464 g/mol. The molecule has 0 unspecified atom stereocenters. The zero-order valence-corrected chi connectivity index (χ0v) is 19.0. The smallest absolute Gasteiger partial charge is 0.251 e. The summed E-state index contributed by atoms with van der Waals surface area (Å²) in [7, 11) is 0. The third-order valence-corrected chi connectivity index (χ3v) is 5.71. The highest BCUT2D eigenvalue weighted by Crippen LogP contribution is 2.30. The van der Waals surface area contributed by atoms with Crippen molar-refractivity contribution in [2.45, 2.75) is 52.7 Å². The summed E-state index contributed by atoms with van der Waals surface area (Å²) in [4.78, 5) is 40.4. The van der Waals surface area contributed by atoms with Gasteiger partial charge in [-0.15, -0.1) is 0 Å². The van der Waals surface area contributed by atoms with Crippen molar-refractivity contribution in [3.05, 3.63) is 63.6 Å². The molecular weight excluding hydrogens is 430 g/mol. The van der Waals surface area contributed by atoms with E-state index in [1.165, 1.54) is 34.7 Å². The van der Waals surface area contributed by atoms with Crippen molar-refractivity contribution in [3.63, 3.8) is 0 Å². The number of rotatable bonds is 6. The fraction of sp³-hybridized carbons (Fsp3) is 0.458. The number of likely N-dealkylation sites (N-methyl/N-ethyl adjacent to an activating group) is 1. The van der Waals surface area contributed by atoms with E-state index in [0.29, 0.717) is 17.7 Å². The van der Waals surface area contributed by atoms with E-state index in [-0.39, 0.29) is 18.7 Å². The fourth-order valence-corrected chi connectivity index (χ4v) is 3.72. The first-order chi connectivity index (χ1) is 16.6. The maximum Gasteiger partial charge on any atom is 0.251 e. The Labute approximate surface area is 196 Å². The molecule has 33 heavy (non-hydrogen) atoms. The lowest BCUT2D eigenvalue weighted by molar-refractivity contribution is -0.130. The highest BCUT2D eigenvalue weighted by Gasteiger charge is 2.39. The van der Waals surface area contributed by atoms with Gasteiger partial charge in [-0.05, 0) is 37.4 Å². The van der Waals surface area contributed by atoms with Crippen LogP contribution >= 0.6 is 0 Å². The maximum absolute atomic E-state index is 14.2. The lowest BCUT2D eigenvalue weighted by Gasteiger charge is -2.34. The van der Waals surface area contributed by atoms with Gasteiger partial charge in [0.15, 0.2) is 0 Å². The van der Waals surface area contributed by atoms with Crippen LogP contribution in [0.5, 0.6) is 0 Å². The van der Waals surface area contributed by atoms with Gasteiger partial charge in [0.2, 0.25) is 11.8 Å². The third-order valence-electron chi connectivity index (χ3n) is 5.71. The summed E-state index contributed by atoms with van der Waals surface area (Å²) in [6, 6.07) is 2.42. The van der Waals surface area contributed by atoms with Gasteiger partial charge in [-0.3, -0.25) is 14.4 Å². The molecule has 3 rings (SSSR count). The zero-order chi connectivity index (χ0) is 27.0. The lowest BCUT2D eigenvalue weighted by atomic mass is 9.85. The highest BCUT2D eigenvalue weighted by molar-refractivity contribution is 6.01. The molecule has 0 bridgehead atoms. The Morgan fingerprint density at radius 2 is 1.97 bits per heavy atom. The number of nitrogens with zero attached hydrogens (tertiary/aromatic N) is 2. The quantitative estimate of drug-likeness (QED) is 0.688. The van der Waals surface area contributed by atoms with Gasteiger partial charge in [0, 0.05) is 34.6 Å². The van der Waals surface area contributed by atoms with Crippen LogP contribution in [0, 0.1) is 17.0 Å². The van der Waals surface area contributed by atoms with E-state index in [1.807, 2.05) is 0 Å². The van der Waals surface area contributed by atoms with Crippen molar-refractivity contribution in [1.82, 2.24) is 15.2 Å². The van der Waals surface area contributed by atoms with E-state index < -0.39 is 53.5 Å². The molecule has 1 aliphatic heterocycles. The number of hydrogen-bond acceptors (Lipinski definition) is 4. The number of hydrogen-bond donors (Lipinski definition) is 2. The molecule has 9 heteroatoms. The Hall–Kier alpha value is -3.07. The van der Waals surface area contributed by atoms with Gasteiger partial charge in [0.1, 0.15) is 17.7 Å².